The Balaban J connectivity index is 0.000000379. The second-order valence-electron chi connectivity index (χ2n) is 8.17. The summed E-state index contributed by atoms with van der Waals surface area (Å²) in [5.74, 6) is 3.22. The molecule has 0 aromatic carbocycles. The van der Waals surface area contributed by atoms with Crippen molar-refractivity contribution in [3.63, 3.8) is 0 Å². The summed E-state index contributed by atoms with van der Waals surface area (Å²) in [6.07, 6.45) is 23.4. The van der Waals surface area contributed by atoms with Gasteiger partial charge < -0.3 is 0 Å². The van der Waals surface area contributed by atoms with Crippen LogP contribution in [0.1, 0.15) is 59.3 Å². The maximum atomic E-state index is 13.1. The van der Waals surface area contributed by atoms with Gasteiger partial charge in [0.2, 0.25) is 0 Å². The van der Waals surface area contributed by atoms with Gasteiger partial charge in [-0.3, -0.25) is 4.79 Å². The molecule has 0 spiro atoms. The van der Waals surface area contributed by atoms with Crippen LogP contribution in [0.25, 0.3) is 0 Å². The Labute approximate surface area is 176 Å². The van der Waals surface area contributed by atoms with E-state index in [0.717, 1.165) is 44.1 Å². The Hall–Kier alpha value is -1.04. The molecule has 0 aromatic heterocycles. The number of allylic oxidation sites excluding steroid dienone is 6. The fourth-order valence-electron chi connectivity index (χ4n) is 4.78. The molecule has 0 aliphatic heterocycles. The number of rotatable bonds is 2. The number of carbonyl (C=O) groups is 1. The Morgan fingerprint density at radius 1 is 1.11 bits per heavy atom. The van der Waals surface area contributed by atoms with Crippen LogP contribution in [0.5, 0.6) is 0 Å². The van der Waals surface area contributed by atoms with E-state index in [4.69, 9.17) is 6.42 Å². The Bertz CT molecular complexity index is 699. The summed E-state index contributed by atoms with van der Waals surface area (Å²) >= 11 is 0. The average Bonchev–Trinajstić information content (AvgIpc) is 3.14. The number of ketones is 1. The third-order valence-corrected chi connectivity index (χ3v) is 6.26. The van der Waals surface area contributed by atoms with Gasteiger partial charge >= 0.3 is 0 Å². The minimum absolute atomic E-state index is 0. The van der Waals surface area contributed by atoms with Gasteiger partial charge in [-0.05, 0) is 87.7 Å². The number of fused-ring (bicyclic) bond motifs is 2. The van der Waals surface area contributed by atoms with E-state index in [1.54, 1.807) is 0 Å². The fraction of sp³-hybridized carbons (Fsp3) is 0.440. The van der Waals surface area contributed by atoms with Crippen LogP contribution < -0.4 is 0 Å². The molecule has 4 rings (SSSR count). The minimum atomic E-state index is 0. The predicted octanol–water partition coefficient (Wildman–Crippen LogP) is 5.77. The van der Waals surface area contributed by atoms with E-state index < -0.39 is 0 Å². The van der Waals surface area contributed by atoms with Gasteiger partial charge in [0.25, 0.3) is 0 Å². The van der Waals surface area contributed by atoms with Crippen molar-refractivity contribution in [2.75, 3.05) is 0 Å². The Morgan fingerprint density at radius 2 is 1.74 bits per heavy atom. The van der Waals surface area contributed by atoms with Crippen molar-refractivity contribution < 1.29 is 21.6 Å². The zero-order valence-electron chi connectivity index (χ0n) is 16.6. The van der Waals surface area contributed by atoms with Crippen LogP contribution in [0.3, 0.4) is 0 Å². The first-order valence-electron chi connectivity index (χ1n) is 9.74. The predicted molar refractivity (Wildman–Crippen MR) is 108 cm³/mol. The molecular formula is C25H29CoO. The summed E-state index contributed by atoms with van der Waals surface area (Å²) in [6.45, 7) is 6.79. The number of Topliss-reactive ketones (excluding diaryl/α,β-unsaturated/α-hetero) is 1. The van der Waals surface area contributed by atoms with Crippen LogP contribution in [0.2, 0.25) is 0 Å². The van der Waals surface area contributed by atoms with Gasteiger partial charge in [0.05, 0.1) is 0 Å². The number of hydrogen-bond donors (Lipinski definition) is 0. The SMILES string of the molecule is C#CCCC1=CC2=C1C(=O)C1CCC(C)=C(CC2)C1(C)C.[CH]1[CH][CH][CH][CH]1.[Co]. The second-order valence-corrected chi connectivity index (χ2v) is 8.17. The third kappa shape index (κ3) is 4.52. The van der Waals surface area contributed by atoms with E-state index in [0.29, 0.717) is 5.78 Å². The van der Waals surface area contributed by atoms with Crippen molar-refractivity contribution in [3.8, 4) is 12.3 Å². The molecule has 2 bridgehead atoms. The number of hydrogen-bond acceptors (Lipinski definition) is 1. The molecular weight excluding hydrogens is 375 g/mol. The van der Waals surface area contributed by atoms with Gasteiger partial charge in [-0.1, -0.05) is 31.1 Å². The van der Waals surface area contributed by atoms with E-state index >= 15 is 0 Å². The van der Waals surface area contributed by atoms with Gasteiger partial charge in [-0.2, -0.15) is 0 Å². The van der Waals surface area contributed by atoms with E-state index in [1.807, 2.05) is 32.1 Å². The molecule has 1 saturated carbocycles. The van der Waals surface area contributed by atoms with Crippen molar-refractivity contribution in [1.29, 1.82) is 0 Å². The Morgan fingerprint density at radius 3 is 2.33 bits per heavy atom. The molecule has 1 unspecified atom stereocenters. The van der Waals surface area contributed by atoms with Crippen molar-refractivity contribution in [2.24, 2.45) is 11.3 Å². The van der Waals surface area contributed by atoms with E-state index in [-0.39, 0.29) is 28.1 Å². The molecule has 2 heteroatoms. The molecule has 4 aliphatic rings. The zero-order valence-corrected chi connectivity index (χ0v) is 17.6. The molecule has 0 N–H and O–H groups in total. The molecule has 0 heterocycles. The van der Waals surface area contributed by atoms with Crippen LogP contribution in [-0.2, 0) is 21.6 Å². The van der Waals surface area contributed by atoms with Crippen molar-refractivity contribution >= 4 is 5.78 Å². The average molecular weight is 404 g/mol. The standard InChI is InChI=1S/C20H24O.C5H5.Co/c1-5-6-7-14-12-15-9-11-16-13(2)8-10-17(20(16,3)4)19(21)18(14)15;1-2-4-5-3-1;/h1,12,17H,6-11H2,2-4H3;1-5H;. The van der Waals surface area contributed by atoms with Gasteiger partial charge in [0, 0.05) is 34.7 Å². The number of terminal acetylenes is 1. The smallest absolute Gasteiger partial charge is 0.167 e. The summed E-state index contributed by atoms with van der Waals surface area (Å²) in [5, 5.41) is 0. The fourth-order valence-corrected chi connectivity index (χ4v) is 4.78. The molecule has 1 atom stereocenters. The summed E-state index contributed by atoms with van der Waals surface area (Å²) < 4.78 is 0. The van der Waals surface area contributed by atoms with Gasteiger partial charge in [-0.25, -0.2) is 0 Å². The van der Waals surface area contributed by atoms with E-state index in [9.17, 15) is 4.79 Å². The number of carbonyl (C=O) groups excluding carboxylic acids is 1. The summed E-state index contributed by atoms with van der Waals surface area (Å²) in [6, 6.07) is 0. The first-order chi connectivity index (χ1) is 12.5. The maximum absolute atomic E-state index is 13.1. The van der Waals surface area contributed by atoms with E-state index in [1.165, 1.54) is 22.3 Å². The van der Waals surface area contributed by atoms with Crippen molar-refractivity contribution in [1.82, 2.24) is 0 Å². The van der Waals surface area contributed by atoms with E-state index in [2.05, 4.69) is 32.8 Å². The summed E-state index contributed by atoms with van der Waals surface area (Å²) in [4.78, 5) is 13.1. The molecule has 0 amide bonds. The zero-order chi connectivity index (χ0) is 18.7. The van der Waals surface area contributed by atoms with Crippen LogP contribution in [0, 0.1) is 55.8 Å². The molecule has 0 saturated heterocycles. The third-order valence-electron chi connectivity index (χ3n) is 6.26. The van der Waals surface area contributed by atoms with Crippen LogP contribution in [0.4, 0.5) is 0 Å². The summed E-state index contributed by atoms with van der Waals surface area (Å²) in [5.41, 5.74) is 6.60. The van der Waals surface area contributed by atoms with Gasteiger partial charge in [0.1, 0.15) is 0 Å². The molecule has 144 valence electrons. The molecule has 0 aromatic rings. The van der Waals surface area contributed by atoms with Crippen LogP contribution in [0.15, 0.2) is 33.9 Å². The minimum Gasteiger partial charge on any atom is -0.294 e. The van der Waals surface area contributed by atoms with Crippen LogP contribution in [-0.4, -0.2) is 5.78 Å². The molecule has 4 aliphatic carbocycles. The van der Waals surface area contributed by atoms with Crippen molar-refractivity contribution in [3.05, 3.63) is 66.0 Å². The second kappa shape index (κ2) is 9.44. The first-order valence-corrected chi connectivity index (χ1v) is 9.74. The Kier molecular flexibility index (Phi) is 7.78. The quantitative estimate of drug-likeness (QED) is 0.422. The van der Waals surface area contributed by atoms with Crippen LogP contribution >= 0.6 is 0 Å². The first kappa shape index (κ1) is 22.2. The molecule has 1 fully saturated rings. The normalized spacial score (nSPS) is 25.6. The van der Waals surface area contributed by atoms with Gasteiger partial charge in [-0.15, -0.1) is 12.3 Å². The monoisotopic (exact) mass is 404 g/mol. The largest absolute Gasteiger partial charge is 0.294 e. The molecule has 1 nitrogen and oxygen atoms in total. The summed E-state index contributed by atoms with van der Waals surface area (Å²) in [7, 11) is 0. The topological polar surface area (TPSA) is 17.1 Å². The maximum Gasteiger partial charge on any atom is 0.167 e. The van der Waals surface area contributed by atoms with Crippen molar-refractivity contribution in [2.45, 2.75) is 59.3 Å². The molecule has 27 heavy (non-hydrogen) atoms. The molecule has 6 radical (unpaired) electrons. The van der Waals surface area contributed by atoms with Gasteiger partial charge in [0.15, 0.2) is 5.78 Å².